The molecule has 10 heteroatoms. The quantitative estimate of drug-likeness (QED) is 0.173. The van der Waals surface area contributed by atoms with Crippen LogP contribution in [0.25, 0.3) is 21.8 Å². The fourth-order valence-corrected chi connectivity index (χ4v) is 4.83. The fraction of sp³-hybridized carbons (Fsp3) is 0.333. The van der Waals surface area contributed by atoms with E-state index in [1.54, 1.807) is 28.1 Å². The molecule has 0 amide bonds. The third kappa shape index (κ3) is 6.47. The molecule has 0 aliphatic carbocycles. The van der Waals surface area contributed by atoms with Crippen LogP contribution in [-0.4, -0.2) is 46.7 Å². The SMILES string of the molecule is COc1ccc2c(C)cn(CC(C)(N)OC(=O)/C=C\C(=O)OC(C)(N)Cn3cc(C)c4ccc(OC)cc43)c2c1. The lowest BCUT2D eigenvalue weighted by Crippen LogP contribution is -2.45. The minimum absolute atomic E-state index is 0.185. The van der Waals surface area contributed by atoms with E-state index in [-0.39, 0.29) is 13.1 Å². The van der Waals surface area contributed by atoms with Crippen molar-refractivity contribution in [2.75, 3.05) is 14.2 Å². The van der Waals surface area contributed by atoms with E-state index in [0.29, 0.717) is 11.5 Å². The normalized spacial score (nSPS) is 14.7. The van der Waals surface area contributed by atoms with Gasteiger partial charge in [0, 0.05) is 47.5 Å². The lowest BCUT2D eigenvalue weighted by Gasteiger charge is -2.26. The van der Waals surface area contributed by atoms with Crippen molar-refractivity contribution >= 4 is 33.7 Å². The van der Waals surface area contributed by atoms with E-state index in [4.69, 9.17) is 30.4 Å². The Morgan fingerprint density at radius 3 is 1.48 bits per heavy atom. The van der Waals surface area contributed by atoms with E-state index < -0.39 is 23.4 Å². The van der Waals surface area contributed by atoms with Crippen LogP contribution >= 0.6 is 0 Å². The molecule has 2 unspecified atom stereocenters. The summed E-state index contributed by atoms with van der Waals surface area (Å²) in [6, 6.07) is 11.5. The first kappa shape index (κ1) is 28.7. The molecule has 0 radical (unpaired) electrons. The Bertz CT molecular complexity index is 1480. The van der Waals surface area contributed by atoms with Crippen LogP contribution in [0.5, 0.6) is 11.5 Å². The van der Waals surface area contributed by atoms with Crippen LogP contribution in [0.4, 0.5) is 0 Å². The van der Waals surface area contributed by atoms with E-state index in [2.05, 4.69) is 0 Å². The number of aryl methyl sites for hydroxylation is 2. The van der Waals surface area contributed by atoms with Gasteiger partial charge in [0.05, 0.1) is 38.3 Å². The first-order chi connectivity index (χ1) is 18.8. The van der Waals surface area contributed by atoms with E-state index in [9.17, 15) is 9.59 Å². The minimum atomic E-state index is -1.36. The van der Waals surface area contributed by atoms with Crippen LogP contribution in [-0.2, 0) is 32.2 Å². The number of hydrogen-bond acceptors (Lipinski definition) is 8. The van der Waals surface area contributed by atoms with Gasteiger partial charge in [0.15, 0.2) is 11.4 Å². The zero-order chi connectivity index (χ0) is 29.2. The molecule has 0 spiro atoms. The van der Waals surface area contributed by atoms with Gasteiger partial charge in [-0.05, 0) is 63.1 Å². The molecule has 40 heavy (non-hydrogen) atoms. The predicted octanol–water partition coefficient (Wildman–Crippen LogP) is 3.92. The van der Waals surface area contributed by atoms with Crippen LogP contribution in [0.3, 0.4) is 0 Å². The third-order valence-electron chi connectivity index (χ3n) is 6.57. The van der Waals surface area contributed by atoms with E-state index in [0.717, 1.165) is 45.1 Å². The largest absolute Gasteiger partial charge is 0.497 e. The van der Waals surface area contributed by atoms with Gasteiger partial charge in [0.2, 0.25) is 0 Å². The second kappa shape index (κ2) is 11.1. The first-order valence-corrected chi connectivity index (χ1v) is 12.8. The smallest absolute Gasteiger partial charge is 0.332 e. The maximum atomic E-state index is 12.5. The minimum Gasteiger partial charge on any atom is -0.497 e. The van der Waals surface area contributed by atoms with Crippen molar-refractivity contribution in [2.45, 2.75) is 52.2 Å². The van der Waals surface area contributed by atoms with Gasteiger partial charge in [-0.3, -0.25) is 11.5 Å². The number of carbonyl (C=O) groups excluding carboxylic acids is 2. The van der Waals surface area contributed by atoms with Gasteiger partial charge >= 0.3 is 11.9 Å². The second-order valence-corrected chi connectivity index (χ2v) is 10.4. The molecular weight excluding hydrogens is 512 g/mol. The second-order valence-electron chi connectivity index (χ2n) is 10.4. The highest BCUT2D eigenvalue weighted by Crippen LogP contribution is 2.28. The van der Waals surface area contributed by atoms with Gasteiger partial charge in [0.25, 0.3) is 0 Å². The molecule has 10 nitrogen and oxygen atoms in total. The molecule has 0 saturated heterocycles. The van der Waals surface area contributed by atoms with Crippen LogP contribution in [0.1, 0.15) is 25.0 Å². The Labute approximate surface area is 233 Å². The maximum Gasteiger partial charge on any atom is 0.332 e. The van der Waals surface area contributed by atoms with Crippen molar-refractivity contribution in [3.8, 4) is 11.5 Å². The summed E-state index contributed by atoms with van der Waals surface area (Å²) in [5.41, 5.74) is 13.8. The van der Waals surface area contributed by atoms with Gasteiger partial charge in [-0.25, -0.2) is 9.59 Å². The maximum absolute atomic E-state index is 12.5. The number of ether oxygens (including phenoxy) is 4. The summed E-state index contributed by atoms with van der Waals surface area (Å²) in [5, 5.41) is 2.08. The zero-order valence-corrected chi connectivity index (χ0v) is 23.7. The molecule has 0 aliphatic heterocycles. The fourth-order valence-electron chi connectivity index (χ4n) is 4.83. The summed E-state index contributed by atoms with van der Waals surface area (Å²) in [7, 11) is 3.20. The Kier molecular flexibility index (Phi) is 7.95. The third-order valence-corrected chi connectivity index (χ3v) is 6.57. The van der Waals surface area contributed by atoms with Gasteiger partial charge in [-0.15, -0.1) is 0 Å². The topological polar surface area (TPSA) is 133 Å². The van der Waals surface area contributed by atoms with Crippen LogP contribution < -0.4 is 20.9 Å². The molecule has 2 aromatic carbocycles. The Hall–Kier alpha value is -4.28. The average molecular weight is 549 g/mol. The number of rotatable bonds is 10. The van der Waals surface area contributed by atoms with Gasteiger partial charge in [-0.1, -0.05) is 0 Å². The molecule has 4 N–H and O–H groups in total. The molecule has 4 rings (SSSR count). The van der Waals surface area contributed by atoms with Crippen molar-refractivity contribution in [3.63, 3.8) is 0 Å². The number of aromatic nitrogens is 2. The number of methoxy groups -OCH3 is 2. The number of fused-ring (bicyclic) bond motifs is 2. The molecule has 2 heterocycles. The number of nitrogens with zero attached hydrogens (tertiary/aromatic N) is 2. The lowest BCUT2D eigenvalue weighted by atomic mass is 10.2. The van der Waals surface area contributed by atoms with E-state index in [1.807, 2.05) is 71.8 Å². The molecule has 4 aromatic rings. The summed E-state index contributed by atoms with van der Waals surface area (Å²) >= 11 is 0. The number of nitrogens with two attached hydrogens (primary N) is 2. The summed E-state index contributed by atoms with van der Waals surface area (Å²) in [6.07, 6.45) is 5.82. The number of hydrogen-bond donors (Lipinski definition) is 2. The van der Waals surface area contributed by atoms with E-state index in [1.165, 1.54) is 0 Å². The van der Waals surface area contributed by atoms with Crippen molar-refractivity contribution < 1.29 is 28.5 Å². The van der Waals surface area contributed by atoms with Crippen LogP contribution in [0, 0.1) is 13.8 Å². The summed E-state index contributed by atoms with van der Waals surface area (Å²) in [4.78, 5) is 25.0. The van der Waals surface area contributed by atoms with Crippen LogP contribution in [0.2, 0.25) is 0 Å². The van der Waals surface area contributed by atoms with Gasteiger partial charge in [0.1, 0.15) is 11.5 Å². The summed E-state index contributed by atoms with van der Waals surface area (Å²) < 4.78 is 25.4. The molecule has 212 valence electrons. The monoisotopic (exact) mass is 548 g/mol. The highest BCUT2D eigenvalue weighted by atomic mass is 16.6. The van der Waals surface area contributed by atoms with Gasteiger partial charge in [-0.2, -0.15) is 0 Å². The predicted molar refractivity (Wildman–Crippen MR) is 153 cm³/mol. The molecule has 0 saturated carbocycles. The highest BCUT2D eigenvalue weighted by Gasteiger charge is 2.27. The molecule has 2 atom stereocenters. The first-order valence-electron chi connectivity index (χ1n) is 12.8. The zero-order valence-electron chi connectivity index (χ0n) is 23.7. The van der Waals surface area contributed by atoms with Crippen molar-refractivity contribution in [2.24, 2.45) is 11.5 Å². The number of carbonyl (C=O) groups is 2. The molecular formula is C30H36N4O6. The van der Waals surface area contributed by atoms with Crippen molar-refractivity contribution in [1.82, 2.24) is 9.13 Å². The van der Waals surface area contributed by atoms with Crippen molar-refractivity contribution in [1.29, 1.82) is 0 Å². The number of benzene rings is 2. The lowest BCUT2D eigenvalue weighted by molar-refractivity contribution is -0.155. The van der Waals surface area contributed by atoms with Crippen LogP contribution in [0.15, 0.2) is 60.9 Å². The Morgan fingerprint density at radius 1 is 0.750 bits per heavy atom. The summed E-state index contributed by atoms with van der Waals surface area (Å²) in [6.45, 7) is 7.53. The Balaban J connectivity index is 1.38. The molecule has 2 aromatic heterocycles. The standard InChI is InChI=1S/C30H36N4O6/c1-19-15-33(25-13-21(37-5)7-9-23(19)25)17-29(3,31)39-27(35)11-12-28(36)40-30(4,32)18-34-16-20(2)24-10-8-22(38-6)14-26(24)34/h7-16H,17-18,31-32H2,1-6H3/b12-11-. The molecule has 0 bridgehead atoms. The van der Waals surface area contributed by atoms with E-state index >= 15 is 0 Å². The highest BCUT2D eigenvalue weighted by molar-refractivity contribution is 5.92. The number of esters is 2. The summed E-state index contributed by atoms with van der Waals surface area (Å²) in [5.74, 6) is -0.164. The average Bonchev–Trinajstić information content (AvgIpc) is 3.35. The molecule has 0 aliphatic rings. The van der Waals surface area contributed by atoms with Gasteiger partial charge < -0.3 is 28.1 Å². The Morgan fingerprint density at radius 2 is 1.12 bits per heavy atom. The molecule has 0 fully saturated rings. The van der Waals surface area contributed by atoms with Crippen molar-refractivity contribution in [3.05, 3.63) is 72.1 Å².